The molecule has 0 aliphatic carbocycles. The summed E-state index contributed by atoms with van der Waals surface area (Å²) in [5.41, 5.74) is 0.781. The van der Waals surface area contributed by atoms with Gasteiger partial charge in [-0.1, -0.05) is 41.9 Å². The van der Waals surface area contributed by atoms with Crippen molar-refractivity contribution in [2.45, 2.75) is 0 Å². The van der Waals surface area contributed by atoms with Crippen LogP contribution in [0.5, 0.6) is 5.75 Å². The number of benzene rings is 2. The van der Waals surface area contributed by atoms with E-state index in [1.807, 2.05) is 30.3 Å². The van der Waals surface area contributed by atoms with Gasteiger partial charge in [-0.3, -0.25) is 4.79 Å². The van der Waals surface area contributed by atoms with Gasteiger partial charge in [-0.15, -0.1) is 0 Å². The topological polar surface area (TPSA) is 65.7 Å². The molecule has 1 heterocycles. The lowest BCUT2D eigenvalue weighted by Gasteiger charge is -2.10. The van der Waals surface area contributed by atoms with Gasteiger partial charge in [0.05, 0.1) is 12.5 Å². The monoisotopic (exact) mass is 370 g/mol. The Morgan fingerprint density at radius 3 is 2.69 bits per heavy atom. The summed E-state index contributed by atoms with van der Waals surface area (Å²) in [7, 11) is 1.28. The number of rotatable bonds is 5. The molecule has 132 valence electrons. The van der Waals surface area contributed by atoms with Gasteiger partial charge in [-0.2, -0.15) is 0 Å². The van der Waals surface area contributed by atoms with E-state index in [9.17, 15) is 9.59 Å². The molecule has 0 saturated heterocycles. The van der Waals surface area contributed by atoms with Crippen molar-refractivity contribution >= 4 is 28.5 Å². The molecular formula is C20H15ClO5. The van der Waals surface area contributed by atoms with Gasteiger partial charge in [0.1, 0.15) is 12.2 Å². The second kappa shape index (κ2) is 7.89. The molecule has 0 atom stereocenters. The average molecular weight is 371 g/mol. The number of halogens is 1. The Hall–Kier alpha value is -3.05. The molecule has 3 rings (SSSR count). The van der Waals surface area contributed by atoms with Crippen molar-refractivity contribution < 1.29 is 18.7 Å². The third kappa shape index (κ3) is 3.78. The van der Waals surface area contributed by atoms with Crippen LogP contribution in [0.15, 0.2) is 69.9 Å². The number of hydrogen-bond acceptors (Lipinski definition) is 5. The van der Waals surface area contributed by atoms with E-state index >= 15 is 0 Å². The summed E-state index contributed by atoms with van der Waals surface area (Å²) in [4.78, 5) is 24.0. The van der Waals surface area contributed by atoms with E-state index in [1.165, 1.54) is 25.3 Å². The minimum atomic E-state index is -0.505. The largest absolute Gasteiger partial charge is 0.482 e. The number of fused-ring (bicyclic) bond motifs is 1. The fraction of sp³-hybridized carbons (Fsp3) is 0.100. The molecule has 0 aliphatic heterocycles. The highest BCUT2D eigenvalue weighted by atomic mass is 35.5. The van der Waals surface area contributed by atoms with Crippen LogP contribution in [-0.4, -0.2) is 19.7 Å². The zero-order valence-corrected chi connectivity index (χ0v) is 14.7. The van der Waals surface area contributed by atoms with Gasteiger partial charge >= 0.3 is 5.97 Å². The van der Waals surface area contributed by atoms with Crippen LogP contribution in [0.1, 0.15) is 0 Å². The molecule has 6 heteroatoms. The Bertz CT molecular complexity index is 1020. The molecule has 5 nitrogen and oxygen atoms in total. The molecule has 3 aromatic rings. The Kier molecular flexibility index (Phi) is 5.39. The molecule has 0 unspecified atom stereocenters. The average Bonchev–Trinajstić information content (AvgIpc) is 2.67. The molecule has 0 fully saturated rings. The van der Waals surface area contributed by atoms with Crippen LogP contribution in [-0.2, 0) is 9.53 Å². The SMILES string of the molecule is COC(=O)/C=C/COc1c(-c2ccccc2)oc2ccc(Cl)cc2c1=O. The molecule has 2 aromatic carbocycles. The van der Waals surface area contributed by atoms with Crippen molar-refractivity contribution in [2.24, 2.45) is 0 Å². The van der Waals surface area contributed by atoms with E-state index in [2.05, 4.69) is 4.74 Å². The molecule has 1 aromatic heterocycles. The van der Waals surface area contributed by atoms with Crippen molar-refractivity contribution in [3.8, 4) is 17.1 Å². The summed E-state index contributed by atoms with van der Waals surface area (Å²) >= 11 is 5.99. The first kappa shape index (κ1) is 17.8. The van der Waals surface area contributed by atoms with Gasteiger partial charge < -0.3 is 13.9 Å². The Morgan fingerprint density at radius 2 is 1.96 bits per heavy atom. The molecular weight excluding hydrogens is 356 g/mol. The fourth-order valence-electron chi connectivity index (χ4n) is 2.40. The first-order valence-corrected chi connectivity index (χ1v) is 8.17. The third-order valence-corrected chi connectivity index (χ3v) is 3.86. The van der Waals surface area contributed by atoms with E-state index in [4.69, 9.17) is 20.8 Å². The summed E-state index contributed by atoms with van der Waals surface area (Å²) in [6.07, 6.45) is 2.68. The molecule has 0 amide bonds. The zero-order chi connectivity index (χ0) is 18.5. The van der Waals surface area contributed by atoms with Gasteiger partial charge in [-0.05, 0) is 24.3 Å². The lowest BCUT2D eigenvalue weighted by molar-refractivity contribution is -0.134. The Balaban J connectivity index is 2.08. The third-order valence-electron chi connectivity index (χ3n) is 3.63. The van der Waals surface area contributed by atoms with Gasteiger partial charge in [0.25, 0.3) is 0 Å². The maximum absolute atomic E-state index is 12.9. The smallest absolute Gasteiger partial charge is 0.330 e. The first-order chi connectivity index (χ1) is 12.6. The quantitative estimate of drug-likeness (QED) is 0.497. The van der Waals surface area contributed by atoms with Crippen molar-refractivity contribution in [1.82, 2.24) is 0 Å². The van der Waals surface area contributed by atoms with E-state index in [0.29, 0.717) is 27.3 Å². The van der Waals surface area contributed by atoms with Crippen LogP contribution in [0, 0.1) is 0 Å². The highest BCUT2D eigenvalue weighted by Gasteiger charge is 2.17. The number of carbonyl (C=O) groups excluding carboxylic acids is 1. The fourth-order valence-corrected chi connectivity index (χ4v) is 2.58. The molecule has 0 saturated carbocycles. The second-order valence-electron chi connectivity index (χ2n) is 5.33. The molecule has 0 N–H and O–H groups in total. The lowest BCUT2D eigenvalue weighted by atomic mass is 10.1. The van der Waals surface area contributed by atoms with Crippen molar-refractivity contribution in [2.75, 3.05) is 13.7 Å². The molecule has 0 aliphatic rings. The Morgan fingerprint density at radius 1 is 1.19 bits per heavy atom. The predicted molar refractivity (Wildman–Crippen MR) is 99.6 cm³/mol. The predicted octanol–water partition coefficient (Wildman–Crippen LogP) is 4.22. The normalized spacial score (nSPS) is 11.0. The maximum Gasteiger partial charge on any atom is 0.330 e. The molecule has 26 heavy (non-hydrogen) atoms. The van der Waals surface area contributed by atoms with Crippen LogP contribution in [0.25, 0.3) is 22.3 Å². The van der Waals surface area contributed by atoms with Crippen molar-refractivity contribution in [3.63, 3.8) is 0 Å². The summed E-state index contributed by atoms with van der Waals surface area (Å²) in [5, 5.41) is 0.748. The van der Waals surface area contributed by atoms with Crippen LogP contribution < -0.4 is 10.2 Å². The number of ether oxygens (including phenoxy) is 2. The van der Waals surface area contributed by atoms with E-state index in [-0.39, 0.29) is 17.8 Å². The number of methoxy groups -OCH3 is 1. The molecule has 0 radical (unpaired) electrons. The van der Waals surface area contributed by atoms with Crippen molar-refractivity contribution in [1.29, 1.82) is 0 Å². The van der Waals surface area contributed by atoms with E-state index in [1.54, 1.807) is 12.1 Å². The summed E-state index contributed by atoms with van der Waals surface area (Å²) in [5.74, 6) is -0.133. The summed E-state index contributed by atoms with van der Waals surface area (Å²) in [6, 6.07) is 14.0. The number of carbonyl (C=O) groups is 1. The minimum absolute atomic E-state index is 0.00572. The summed E-state index contributed by atoms with van der Waals surface area (Å²) in [6.45, 7) is 0.00572. The van der Waals surface area contributed by atoms with Crippen LogP contribution >= 0.6 is 11.6 Å². The molecule has 0 bridgehead atoms. The highest BCUT2D eigenvalue weighted by Crippen LogP contribution is 2.31. The van der Waals surface area contributed by atoms with Gasteiger partial charge in [0.2, 0.25) is 11.2 Å². The zero-order valence-electron chi connectivity index (χ0n) is 13.9. The minimum Gasteiger partial charge on any atom is -0.482 e. The Labute approximate surface area is 154 Å². The van der Waals surface area contributed by atoms with Gasteiger partial charge in [0.15, 0.2) is 5.76 Å². The van der Waals surface area contributed by atoms with Gasteiger partial charge in [0, 0.05) is 16.7 Å². The summed E-state index contributed by atoms with van der Waals surface area (Å²) < 4.78 is 16.0. The lowest BCUT2D eigenvalue weighted by Crippen LogP contribution is -2.10. The van der Waals surface area contributed by atoms with Crippen LogP contribution in [0.3, 0.4) is 0 Å². The van der Waals surface area contributed by atoms with E-state index in [0.717, 1.165) is 0 Å². The number of hydrogen-bond donors (Lipinski definition) is 0. The van der Waals surface area contributed by atoms with Crippen LogP contribution in [0.2, 0.25) is 5.02 Å². The van der Waals surface area contributed by atoms with Gasteiger partial charge in [-0.25, -0.2) is 4.79 Å². The molecule has 0 spiro atoms. The first-order valence-electron chi connectivity index (χ1n) is 7.79. The highest BCUT2D eigenvalue weighted by molar-refractivity contribution is 6.31. The second-order valence-corrected chi connectivity index (χ2v) is 5.77. The maximum atomic E-state index is 12.9. The van der Waals surface area contributed by atoms with Crippen LogP contribution in [0.4, 0.5) is 0 Å². The standard InChI is InChI=1S/C20H15ClO5/c1-24-17(22)8-5-11-25-20-18(23)15-12-14(21)9-10-16(15)26-19(20)13-6-3-2-4-7-13/h2-10,12H,11H2,1H3/b8-5+. The van der Waals surface area contributed by atoms with E-state index < -0.39 is 5.97 Å². The van der Waals surface area contributed by atoms with Crippen molar-refractivity contribution in [3.05, 3.63) is 75.9 Å². The number of esters is 1.